The van der Waals surface area contributed by atoms with E-state index >= 15 is 0 Å². The second-order valence-electron chi connectivity index (χ2n) is 2.85. The minimum absolute atomic E-state index is 0.299. The van der Waals surface area contributed by atoms with Crippen LogP contribution in [0.15, 0.2) is 0 Å². The fourth-order valence-corrected chi connectivity index (χ4v) is 1.42. The van der Waals surface area contributed by atoms with Crippen LogP contribution in [0.2, 0.25) is 0 Å². The quantitative estimate of drug-likeness (QED) is 0.634. The molecular weight excluding hydrogens is 150 g/mol. The molecule has 70 valence electrons. The Balaban J connectivity index is 4.46. The van der Waals surface area contributed by atoms with Gasteiger partial charge in [0.25, 0.3) is 0 Å². The van der Waals surface area contributed by atoms with Crippen LogP contribution in [0, 0.1) is 12.3 Å². The lowest BCUT2D eigenvalue weighted by Crippen LogP contribution is -2.48. The topological polar surface area (TPSA) is 35.2 Å². The molecule has 0 fully saturated rings. The van der Waals surface area contributed by atoms with Crippen LogP contribution >= 0.6 is 0 Å². The Morgan fingerprint density at radius 1 is 1.42 bits per heavy atom. The number of terminal acetylenes is 1. The van der Waals surface area contributed by atoms with Gasteiger partial charge >= 0.3 is 0 Å². The third-order valence-corrected chi connectivity index (χ3v) is 2.38. The summed E-state index contributed by atoms with van der Waals surface area (Å²) in [4.78, 5) is 0. The lowest BCUT2D eigenvalue weighted by atomic mass is 9.89. The summed E-state index contributed by atoms with van der Waals surface area (Å²) in [6, 6.07) is -0.299. The molecule has 0 radical (unpaired) electrons. The Bertz CT molecular complexity index is 156. The molecule has 0 saturated heterocycles. The van der Waals surface area contributed by atoms with Crippen molar-refractivity contribution in [1.82, 2.24) is 0 Å². The van der Waals surface area contributed by atoms with Crippen LogP contribution in [0.3, 0.4) is 0 Å². The Labute approximate surface area is 75.5 Å². The predicted octanol–water partition coefficient (Wildman–Crippen LogP) is 1.54. The molecule has 0 aromatic carbocycles. The summed E-state index contributed by atoms with van der Waals surface area (Å²) >= 11 is 0. The Morgan fingerprint density at radius 3 is 2.17 bits per heavy atom. The standard InChI is InChI=1S/C10H19NO/c1-5-9(11)10(6-2,7-3)12-8-4/h1,9H,6-8,11H2,2-4H3. The van der Waals surface area contributed by atoms with E-state index in [2.05, 4.69) is 19.8 Å². The van der Waals surface area contributed by atoms with Gasteiger partial charge in [0.15, 0.2) is 0 Å². The summed E-state index contributed by atoms with van der Waals surface area (Å²) in [5.41, 5.74) is 5.48. The normalized spacial score (nSPS) is 13.9. The van der Waals surface area contributed by atoms with Crippen molar-refractivity contribution in [2.24, 2.45) is 5.73 Å². The first-order valence-corrected chi connectivity index (χ1v) is 4.52. The average molecular weight is 169 g/mol. The highest BCUT2D eigenvalue weighted by Gasteiger charge is 2.32. The van der Waals surface area contributed by atoms with Crippen LogP contribution in [0.4, 0.5) is 0 Å². The fourth-order valence-electron chi connectivity index (χ4n) is 1.42. The van der Waals surface area contributed by atoms with E-state index in [4.69, 9.17) is 16.9 Å². The number of rotatable bonds is 5. The molecule has 0 aliphatic heterocycles. The summed E-state index contributed by atoms with van der Waals surface area (Å²) in [6.07, 6.45) is 7.01. The van der Waals surface area contributed by atoms with Crippen molar-refractivity contribution < 1.29 is 4.74 Å². The molecule has 0 aliphatic carbocycles. The maximum Gasteiger partial charge on any atom is 0.0956 e. The molecule has 2 N–H and O–H groups in total. The number of ether oxygens (including phenoxy) is 1. The van der Waals surface area contributed by atoms with Crippen LogP contribution < -0.4 is 5.73 Å². The van der Waals surface area contributed by atoms with Crippen LogP contribution in [-0.4, -0.2) is 18.2 Å². The van der Waals surface area contributed by atoms with Gasteiger partial charge in [-0.2, -0.15) is 0 Å². The second kappa shape index (κ2) is 5.18. The van der Waals surface area contributed by atoms with Gasteiger partial charge in [-0.25, -0.2) is 0 Å². The van der Waals surface area contributed by atoms with E-state index in [1.165, 1.54) is 0 Å². The lowest BCUT2D eigenvalue weighted by Gasteiger charge is -2.34. The molecule has 1 unspecified atom stereocenters. The summed E-state index contributed by atoms with van der Waals surface area (Å²) in [5.74, 6) is 2.55. The number of nitrogens with two attached hydrogens (primary N) is 1. The minimum atomic E-state index is -0.316. The van der Waals surface area contributed by atoms with Gasteiger partial charge < -0.3 is 10.5 Å². The highest BCUT2D eigenvalue weighted by Crippen LogP contribution is 2.23. The van der Waals surface area contributed by atoms with E-state index in [9.17, 15) is 0 Å². The molecule has 0 rings (SSSR count). The molecule has 12 heavy (non-hydrogen) atoms. The van der Waals surface area contributed by atoms with Crippen molar-refractivity contribution in [2.75, 3.05) is 6.61 Å². The lowest BCUT2D eigenvalue weighted by molar-refractivity contribution is -0.0517. The fraction of sp³-hybridized carbons (Fsp3) is 0.800. The van der Waals surface area contributed by atoms with Crippen molar-refractivity contribution in [2.45, 2.75) is 45.3 Å². The first-order chi connectivity index (χ1) is 5.66. The van der Waals surface area contributed by atoms with Gasteiger partial charge in [-0.1, -0.05) is 19.8 Å². The molecule has 0 bridgehead atoms. The minimum Gasteiger partial charge on any atom is -0.373 e. The molecule has 0 aromatic rings. The molecule has 0 spiro atoms. The van der Waals surface area contributed by atoms with Gasteiger partial charge in [0, 0.05) is 6.61 Å². The predicted molar refractivity (Wildman–Crippen MR) is 51.7 cm³/mol. The summed E-state index contributed by atoms with van der Waals surface area (Å²) in [7, 11) is 0. The maximum absolute atomic E-state index is 5.80. The van der Waals surface area contributed by atoms with Crippen LogP contribution in [-0.2, 0) is 4.74 Å². The smallest absolute Gasteiger partial charge is 0.0956 e. The number of hydrogen-bond donors (Lipinski definition) is 1. The van der Waals surface area contributed by atoms with Gasteiger partial charge in [0.05, 0.1) is 11.6 Å². The van der Waals surface area contributed by atoms with E-state index in [0.29, 0.717) is 6.61 Å². The van der Waals surface area contributed by atoms with Crippen LogP contribution in [0.1, 0.15) is 33.6 Å². The zero-order chi connectivity index (χ0) is 9.61. The average Bonchev–Trinajstić information content (AvgIpc) is 2.13. The zero-order valence-corrected chi connectivity index (χ0v) is 8.26. The highest BCUT2D eigenvalue weighted by atomic mass is 16.5. The summed E-state index contributed by atoms with van der Waals surface area (Å²) in [6.45, 7) is 6.73. The van der Waals surface area contributed by atoms with Gasteiger partial charge in [-0.15, -0.1) is 6.42 Å². The molecule has 0 aromatic heterocycles. The Morgan fingerprint density at radius 2 is 1.92 bits per heavy atom. The highest BCUT2D eigenvalue weighted by molar-refractivity contribution is 5.08. The zero-order valence-electron chi connectivity index (χ0n) is 8.26. The van der Waals surface area contributed by atoms with E-state index in [1.807, 2.05) is 6.92 Å². The maximum atomic E-state index is 5.80. The van der Waals surface area contributed by atoms with Crippen LogP contribution in [0.25, 0.3) is 0 Å². The molecule has 0 heterocycles. The monoisotopic (exact) mass is 169 g/mol. The summed E-state index contributed by atoms with van der Waals surface area (Å²) < 4.78 is 5.61. The third-order valence-electron chi connectivity index (χ3n) is 2.38. The van der Waals surface area contributed by atoms with Crippen LogP contribution in [0.5, 0.6) is 0 Å². The van der Waals surface area contributed by atoms with Crippen molar-refractivity contribution in [3.8, 4) is 12.3 Å². The van der Waals surface area contributed by atoms with Crippen molar-refractivity contribution in [3.63, 3.8) is 0 Å². The van der Waals surface area contributed by atoms with Crippen molar-refractivity contribution in [1.29, 1.82) is 0 Å². The van der Waals surface area contributed by atoms with Crippen molar-refractivity contribution in [3.05, 3.63) is 0 Å². The molecule has 0 amide bonds. The van der Waals surface area contributed by atoms with Crippen molar-refractivity contribution >= 4 is 0 Å². The largest absolute Gasteiger partial charge is 0.373 e. The number of hydrogen-bond acceptors (Lipinski definition) is 2. The first kappa shape index (κ1) is 11.5. The molecule has 2 nitrogen and oxygen atoms in total. The van der Waals surface area contributed by atoms with Gasteiger partial charge in [-0.05, 0) is 19.8 Å². The molecule has 0 aliphatic rings. The van der Waals surface area contributed by atoms with E-state index < -0.39 is 0 Å². The molecule has 0 saturated carbocycles. The van der Waals surface area contributed by atoms with E-state index in [-0.39, 0.29) is 11.6 Å². The SMILES string of the molecule is C#CC(N)C(CC)(CC)OCC. The van der Waals surface area contributed by atoms with E-state index in [0.717, 1.165) is 12.8 Å². The molecule has 1 atom stereocenters. The molecular formula is C10H19NO. The first-order valence-electron chi connectivity index (χ1n) is 4.52. The Hall–Kier alpha value is -0.520. The van der Waals surface area contributed by atoms with Gasteiger partial charge in [0.2, 0.25) is 0 Å². The Kier molecular flexibility index (Phi) is 4.96. The van der Waals surface area contributed by atoms with Gasteiger partial charge in [0.1, 0.15) is 0 Å². The third kappa shape index (κ3) is 2.23. The molecule has 2 heteroatoms. The second-order valence-corrected chi connectivity index (χ2v) is 2.85. The van der Waals surface area contributed by atoms with Gasteiger partial charge in [-0.3, -0.25) is 0 Å². The van der Waals surface area contributed by atoms with E-state index in [1.54, 1.807) is 0 Å². The summed E-state index contributed by atoms with van der Waals surface area (Å²) in [5, 5.41) is 0.